The van der Waals surface area contributed by atoms with Crippen molar-refractivity contribution in [3.8, 4) is 5.88 Å². The van der Waals surface area contributed by atoms with Crippen molar-refractivity contribution in [3.05, 3.63) is 52.0 Å². The molecule has 2 heterocycles. The zero-order valence-electron chi connectivity index (χ0n) is 15.4. The summed E-state index contributed by atoms with van der Waals surface area (Å²) >= 11 is 2.29. The molecule has 0 aliphatic heterocycles. The van der Waals surface area contributed by atoms with E-state index in [2.05, 4.69) is 52.2 Å². The molecule has 0 radical (unpaired) electrons. The van der Waals surface area contributed by atoms with E-state index in [4.69, 9.17) is 9.47 Å². The fraction of sp³-hybridized carbons (Fsp3) is 0.368. The van der Waals surface area contributed by atoms with Crippen LogP contribution in [-0.2, 0) is 18.1 Å². The minimum Gasteiger partial charge on any atom is -0.471 e. The first-order chi connectivity index (χ1) is 12.4. The van der Waals surface area contributed by atoms with Crippen LogP contribution in [0, 0.1) is 3.57 Å². The standard InChI is InChI=1S/C19H24IN3O2Si/c1-26(2,3)10-9-24-14-23-11-16(20)17-18(23)19(22-13-21-17)25-12-15-7-5-4-6-8-15/h4-8,11,13H,9-10,12,14H2,1-3H3. The second-order valence-corrected chi connectivity index (χ2v) is 14.2. The van der Waals surface area contributed by atoms with E-state index in [1.807, 2.05) is 41.1 Å². The summed E-state index contributed by atoms with van der Waals surface area (Å²) in [6.07, 6.45) is 3.60. The SMILES string of the molecule is C[Si](C)(C)CCOCn1cc(I)c2ncnc(OCc3ccccc3)c21. The molecule has 0 atom stereocenters. The smallest absolute Gasteiger partial charge is 0.242 e. The molecule has 0 spiro atoms. The Kier molecular flexibility index (Phi) is 6.31. The first-order valence-corrected chi connectivity index (χ1v) is 13.5. The average molecular weight is 481 g/mol. The quantitative estimate of drug-likeness (QED) is 0.260. The van der Waals surface area contributed by atoms with E-state index in [9.17, 15) is 0 Å². The Morgan fingerprint density at radius 1 is 1.12 bits per heavy atom. The fourth-order valence-electron chi connectivity index (χ4n) is 2.53. The third-order valence-corrected chi connectivity index (χ3v) is 6.51. The maximum atomic E-state index is 6.00. The molecule has 0 bridgehead atoms. The molecule has 3 aromatic rings. The average Bonchev–Trinajstić information content (AvgIpc) is 2.94. The lowest BCUT2D eigenvalue weighted by atomic mass is 10.2. The van der Waals surface area contributed by atoms with Gasteiger partial charge in [-0.25, -0.2) is 4.98 Å². The highest BCUT2D eigenvalue weighted by atomic mass is 127. The molecule has 26 heavy (non-hydrogen) atoms. The lowest BCUT2D eigenvalue weighted by molar-refractivity contribution is 0.0897. The van der Waals surface area contributed by atoms with E-state index in [0.29, 0.717) is 19.2 Å². The number of nitrogens with zero attached hydrogens (tertiary/aromatic N) is 3. The Hall–Kier alpha value is -1.45. The highest BCUT2D eigenvalue weighted by molar-refractivity contribution is 14.1. The van der Waals surface area contributed by atoms with Gasteiger partial charge in [0.2, 0.25) is 5.88 Å². The number of halogens is 1. The molecular weight excluding hydrogens is 457 g/mol. The predicted molar refractivity (Wildman–Crippen MR) is 115 cm³/mol. The van der Waals surface area contributed by atoms with Crippen LogP contribution >= 0.6 is 22.6 Å². The molecule has 5 nitrogen and oxygen atoms in total. The van der Waals surface area contributed by atoms with Gasteiger partial charge in [0.25, 0.3) is 0 Å². The molecular formula is C19H24IN3O2Si. The first-order valence-electron chi connectivity index (χ1n) is 8.68. The van der Waals surface area contributed by atoms with Crippen LogP contribution < -0.4 is 4.74 Å². The van der Waals surface area contributed by atoms with Gasteiger partial charge in [0.05, 0.1) is 3.57 Å². The van der Waals surface area contributed by atoms with Crippen molar-refractivity contribution in [1.29, 1.82) is 0 Å². The molecule has 1 aromatic carbocycles. The molecule has 0 saturated carbocycles. The van der Waals surface area contributed by atoms with Crippen molar-refractivity contribution >= 4 is 41.7 Å². The maximum absolute atomic E-state index is 6.00. The number of rotatable bonds is 8. The summed E-state index contributed by atoms with van der Waals surface area (Å²) in [6, 6.07) is 11.2. The monoisotopic (exact) mass is 481 g/mol. The molecule has 3 rings (SSSR count). The number of aromatic nitrogens is 3. The third-order valence-electron chi connectivity index (χ3n) is 4.02. The summed E-state index contributed by atoms with van der Waals surface area (Å²) in [6.45, 7) is 8.80. The number of ether oxygens (including phenoxy) is 2. The Morgan fingerprint density at radius 2 is 1.88 bits per heavy atom. The summed E-state index contributed by atoms with van der Waals surface area (Å²) < 4.78 is 15.0. The zero-order valence-corrected chi connectivity index (χ0v) is 18.6. The molecule has 138 valence electrons. The normalized spacial score (nSPS) is 11.8. The lowest BCUT2D eigenvalue weighted by Gasteiger charge is -2.16. The Balaban J connectivity index is 1.76. The highest BCUT2D eigenvalue weighted by Crippen LogP contribution is 2.28. The third kappa shape index (κ3) is 5.05. The van der Waals surface area contributed by atoms with Gasteiger partial charge in [0.15, 0.2) is 0 Å². The van der Waals surface area contributed by atoms with Gasteiger partial charge < -0.3 is 14.0 Å². The lowest BCUT2D eigenvalue weighted by Crippen LogP contribution is -2.22. The fourth-order valence-corrected chi connectivity index (χ4v) is 4.02. The predicted octanol–water partition coefficient (Wildman–Crippen LogP) is 4.93. The zero-order chi connectivity index (χ0) is 18.6. The van der Waals surface area contributed by atoms with Crippen LogP contribution in [0.15, 0.2) is 42.9 Å². The van der Waals surface area contributed by atoms with Gasteiger partial charge in [0, 0.05) is 20.9 Å². The van der Waals surface area contributed by atoms with Crippen molar-refractivity contribution in [1.82, 2.24) is 14.5 Å². The number of hydrogen-bond acceptors (Lipinski definition) is 4. The van der Waals surface area contributed by atoms with Gasteiger partial charge in [-0.05, 0) is 34.2 Å². The minimum absolute atomic E-state index is 0.477. The molecule has 0 unspecified atom stereocenters. The van der Waals surface area contributed by atoms with Gasteiger partial charge in [-0.15, -0.1) is 0 Å². The number of benzene rings is 1. The summed E-state index contributed by atoms with van der Waals surface area (Å²) in [7, 11) is -1.09. The van der Waals surface area contributed by atoms with Crippen LogP contribution in [0.4, 0.5) is 0 Å². The van der Waals surface area contributed by atoms with Crippen LogP contribution in [0.1, 0.15) is 5.56 Å². The minimum atomic E-state index is -1.09. The van der Waals surface area contributed by atoms with Crippen LogP contribution in [0.5, 0.6) is 5.88 Å². The molecule has 7 heteroatoms. The first kappa shape index (κ1) is 19.3. The summed E-state index contributed by atoms with van der Waals surface area (Å²) in [5, 5.41) is 0. The van der Waals surface area contributed by atoms with Crippen LogP contribution in [0.2, 0.25) is 25.7 Å². The molecule has 0 aliphatic carbocycles. The van der Waals surface area contributed by atoms with Gasteiger partial charge >= 0.3 is 0 Å². The molecule has 0 saturated heterocycles. The van der Waals surface area contributed by atoms with Gasteiger partial charge in [-0.1, -0.05) is 50.0 Å². The van der Waals surface area contributed by atoms with E-state index in [1.54, 1.807) is 6.33 Å². The molecule has 2 aromatic heterocycles. The molecule has 0 fully saturated rings. The van der Waals surface area contributed by atoms with Gasteiger partial charge in [-0.2, -0.15) is 4.98 Å². The van der Waals surface area contributed by atoms with Crippen LogP contribution in [0.3, 0.4) is 0 Å². The van der Waals surface area contributed by atoms with Crippen molar-refractivity contribution in [2.24, 2.45) is 0 Å². The second-order valence-electron chi connectivity index (χ2n) is 7.45. The van der Waals surface area contributed by atoms with Crippen molar-refractivity contribution in [3.63, 3.8) is 0 Å². The highest BCUT2D eigenvalue weighted by Gasteiger charge is 2.16. The topological polar surface area (TPSA) is 49.2 Å². The van der Waals surface area contributed by atoms with Crippen LogP contribution in [0.25, 0.3) is 11.0 Å². The summed E-state index contributed by atoms with van der Waals surface area (Å²) in [5.74, 6) is 0.593. The largest absolute Gasteiger partial charge is 0.471 e. The van der Waals surface area contributed by atoms with Gasteiger partial charge in [0.1, 0.15) is 30.7 Å². The van der Waals surface area contributed by atoms with Crippen LogP contribution in [-0.4, -0.2) is 29.2 Å². The number of hydrogen-bond donors (Lipinski definition) is 0. The van der Waals surface area contributed by atoms with E-state index < -0.39 is 8.07 Å². The Labute approximate surface area is 168 Å². The summed E-state index contributed by atoms with van der Waals surface area (Å²) in [5.41, 5.74) is 2.90. The van der Waals surface area contributed by atoms with E-state index in [0.717, 1.165) is 32.8 Å². The van der Waals surface area contributed by atoms with E-state index in [-0.39, 0.29) is 0 Å². The van der Waals surface area contributed by atoms with E-state index >= 15 is 0 Å². The Bertz CT molecular complexity index is 862. The molecule has 0 amide bonds. The molecule has 0 aliphatic rings. The summed E-state index contributed by atoms with van der Waals surface area (Å²) in [4.78, 5) is 8.77. The second kappa shape index (κ2) is 8.49. The van der Waals surface area contributed by atoms with Crippen molar-refractivity contribution in [2.75, 3.05) is 6.61 Å². The van der Waals surface area contributed by atoms with Gasteiger partial charge in [-0.3, -0.25) is 0 Å². The number of fused-ring (bicyclic) bond motifs is 1. The Morgan fingerprint density at radius 3 is 2.62 bits per heavy atom. The van der Waals surface area contributed by atoms with E-state index in [1.165, 1.54) is 0 Å². The van der Waals surface area contributed by atoms with Crippen molar-refractivity contribution < 1.29 is 9.47 Å². The maximum Gasteiger partial charge on any atom is 0.242 e. The van der Waals surface area contributed by atoms with Crippen molar-refractivity contribution in [2.45, 2.75) is 39.0 Å². The molecule has 0 N–H and O–H groups in total.